The van der Waals surface area contributed by atoms with Gasteiger partial charge >= 0.3 is 5.97 Å². The summed E-state index contributed by atoms with van der Waals surface area (Å²) in [6, 6.07) is 19.7. The average molecular weight is 402 g/mol. The Morgan fingerprint density at radius 3 is 2.37 bits per heavy atom. The van der Waals surface area contributed by atoms with E-state index in [-0.39, 0.29) is 35.6 Å². The summed E-state index contributed by atoms with van der Waals surface area (Å²) in [5.74, 6) is 0.0286. The zero-order chi connectivity index (χ0) is 20.7. The largest absolute Gasteiger partial charge is 0.463 e. The van der Waals surface area contributed by atoms with E-state index in [0.29, 0.717) is 30.3 Å². The van der Waals surface area contributed by atoms with E-state index in [4.69, 9.17) is 9.47 Å². The first-order chi connectivity index (χ1) is 14.7. The maximum absolute atomic E-state index is 13.6. The minimum absolute atomic E-state index is 0.0340. The number of hydrogen-bond acceptors (Lipinski definition) is 4. The molecule has 2 fully saturated rings. The Balaban J connectivity index is 1.43. The van der Waals surface area contributed by atoms with Crippen LogP contribution in [0.4, 0.5) is 0 Å². The van der Waals surface area contributed by atoms with E-state index < -0.39 is 0 Å². The van der Waals surface area contributed by atoms with Crippen molar-refractivity contribution < 1.29 is 19.1 Å². The number of rotatable bonds is 6. The predicted octanol–water partition coefficient (Wildman–Crippen LogP) is 4.44. The molecule has 154 valence electrons. The molecule has 2 aromatic carbocycles. The van der Waals surface area contributed by atoms with E-state index in [9.17, 15) is 9.59 Å². The summed E-state index contributed by atoms with van der Waals surface area (Å²) in [7, 11) is 0. The highest BCUT2D eigenvalue weighted by atomic mass is 16.5. The zero-order valence-electron chi connectivity index (χ0n) is 17.1. The van der Waals surface area contributed by atoms with Crippen molar-refractivity contribution in [2.75, 3.05) is 6.61 Å². The van der Waals surface area contributed by atoms with E-state index in [0.717, 1.165) is 24.0 Å². The first-order valence-corrected chi connectivity index (χ1v) is 10.9. The zero-order valence-corrected chi connectivity index (χ0v) is 17.1. The van der Waals surface area contributed by atoms with Crippen LogP contribution in [0.25, 0.3) is 5.57 Å². The Kier molecular flexibility index (Phi) is 5.03. The summed E-state index contributed by atoms with van der Waals surface area (Å²) in [4.78, 5) is 26.5. The molecule has 0 aromatic heterocycles. The van der Waals surface area contributed by atoms with Gasteiger partial charge in [-0.3, -0.25) is 4.79 Å². The number of ketones is 1. The topological polar surface area (TPSA) is 52.6 Å². The molecule has 30 heavy (non-hydrogen) atoms. The van der Waals surface area contributed by atoms with Gasteiger partial charge in [-0.2, -0.15) is 0 Å². The van der Waals surface area contributed by atoms with Crippen LogP contribution in [0, 0.1) is 23.7 Å². The van der Waals surface area contributed by atoms with Gasteiger partial charge in [0.05, 0.1) is 24.9 Å². The van der Waals surface area contributed by atoms with Crippen LogP contribution in [0.3, 0.4) is 0 Å². The quantitative estimate of drug-likeness (QED) is 0.670. The van der Waals surface area contributed by atoms with Gasteiger partial charge in [0.1, 0.15) is 0 Å². The van der Waals surface area contributed by atoms with Crippen molar-refractivity contribution >= 4 is 17.3 Å². The predicted molar refractivity (Wildman–Crippen MR) is 113 cm³/mol. The summed E-state index contributed by atoms with van der Waals surface area (Å²) in [5, 5.41) is 0. The maximum atomic E-state index is 13.6. The lowest BCUT2D eigenvalue weighted by atomic mass is 9.77. The molecule has 3 aliphatic rings. The fourth-order valence-corrected chi connectivity index (χ4v) is 5.86. The Hall–Kier alpha value is -2.72. The summed E-state index contributed by atoms with van der Waals surface area (Å²) < 4.78 is 11.7. The molecule has 0 spiro atoms. The smallest absolute Gasteiger partial charge is 0.335 e. The molecule has 4 nitrogen and oxygen atoms in total. The lowest BCUT2D eigenvalue weighted by Gasteiger charge is -2.31. The van der Waals surface area contributed by atoms with Crippen LogP contribution >= 0.6 is 0 Å². The first kappa shape index (κ1) is 19.3. The van der Waals surface area contributed by atoms with Crippen molar-refractivity contribution in [1.82, 2.24) is 0 Å². The molecule has 0 saturated heterocycles. The van der Waals surface area contributed by atoms with Crippen molar-refractivity contribution in [2.24, 2.45) is 23.7 Å². The lowest BCUT2D eigenvalue weighted by Crippen LogP contribution is -2.35. The van der Waals surface area contributed by atoms with E-state index in [1.54, 1.807) is 0 Å². The average Bonchev–Trinajstić information content (AvgIpc) is 3.44. The second kappa shape index (κ2) is 7.84. The van der Waals surface area contributed by atoms with Crippen LogP contribution in [0.5, 0.6) is 0 Å². The minimum Gasteiger partial charge on any atom is -0.463 e. The van der Waals surface area contributed by atoms with Gasteiger partial charge in [-0.25, -0.2) is 4.79 Å². The fraction of sp³-hybridized carbons (Fsp3) is 0.385. The summed E-state index contributed by atoms with van der Waals surface area (Å²) in [6.07, 6.45) is 1.92. The van der Waals surface area contributed by atoms with Gasteiger partial charge < -0.3 is 9.47 Å². The van der Waals surface area contributed by atoms with Gasteiger partial charge in [0.15, 0.2) is 5.78 Å². The number of esters is 1. The van der Waals surface area contributed by atoms with Crippen LogP contribution < -0.4 is 0 Å². The van der Waals surface area contributed by atoms with Gasteiger partial charge in [0.2, 0.25) is 0 Å². The van der Waals surface area contributed by atoms with Gasteiger partial charge in [-0.05, 0) is 42.7 Å². The highest BCUT2D eigenvalue weighted by Crippen LogP contribution is 2.61. The second-order valence-electron chi connectivity index (χ2n) is 8.52. The summed E-state index contributed by atoms with van der Waals surface area (Å²) in [6.45, 7) is 2.68. The molecular formula is C26H26O4. The number of hydrogen-bond donors (Lipinski definition) is 0. The lowest BCUT2D eigenvalue weighted by molar-refractivity contribution is -0.139. The molecule has 2 bridgehead atoms. The minimum atomic E-state index is -0.327. The van der Waals surface area contributed by atoms with Gasteiger partial charge in [-0.15, -0.1) is 0 Å². The number of carbonyl (C=O) groups excluding carboxylic acids is 2. The second-order valence-corrected chi connectivity index (χ2v) is 8.52. The van der Waals surface area contributed by atoms with Crippen LogP contribution in [0.1, 0.15) is 30.9 Å². The van der Waals surface area contributed by atoms with Crippen LogP contribution in [0.2, 0.25) is 0 Å². The van der Waals surface area contributed by atoms with Crippen molar-refractivity contribution in [3.63, 3.8) is 0 Å². The van der Waals surface area contributed by atoms with E-state index in [1.165, 1.54) is 0 Å². The van der Waals surface area contributed by atoms with E-state index in [1.807, 2.05) is 55.5 Å². The molecule has 5 atom stereocenters. The molecule has 2 saturated carbocycles. The van der Waals surface area contributed by atoms with Gasteiger partial charge in [0.25, 0.3) is 0 Å². The molecule has 3 aliphatic carbocycles. The van der Waals surface area contributed by atoms with E-state index >= 15 is 0 Å². The molecule has 0 heterocycles. The van der Waals surface area contributed by atoms with Gasteiger partial charge in [0, 0.05) is 17.4 Å². The first-order valence-electron chi connectivity index (χ1n) is 10.9. The van der Waals surface area contributed by atoms with Crippen molar-refractivity contribution in [2.45, 2.75) is 32.5 Å². The third-order valence-corrected chi connectivity index (χ3v) is 6.96. The Morgan fingerprint density at radius 2 is 1.67 bits per heavy atom. The van der Waals surface area contributed by atoms with Gasteiger partial charge in [-0.1, -0.05) is 60.7 Å². The normalized spacial score (nSPS) is 29.4. The van der Waals surface area contributed by atoms with Crippen molar-refractivity contribution in [1.29, 1.82) is 0 Å². The van der Waals surface area contributed by atoms with Crippen LogP contribution in [-0.2, 0) is 25.7 Å². The molecule has 0 radical (unpaired) electrons. The molecule has 5 rings (SSSR count). The van der Waals surface area contributed by atoms with Crippen molar-refractivity contribution in [3.05, 3.63) is 77.4 Å². The number of benzene rings is 2. The van der Waals surface area contributed by atoms with E-state index in [2.05, 4.69) is 12.1 Å². The highest BCUT2D eigenvalue weighted by Gasteiger charge is 2.62. The molecule has 0 N–H and O–H groups in total. The molecule has 0 aliphatic heterocycles. The number of Topliss-reactive ketones (excluding diaryl/α,β-unsaturated/α-hetero) is 1. The number of allylic oxidation sites excluding steroid dienone is 1. The van der Waals surface area contributed by atoms with Crippen molar-refractivity contribution in [3.8, 4) is 0 Å². The molecule has 4 heteroatoms. The number of carbonyl (C=O) groups is 2. The third kappa shape index (κ3) is 3.10. The molecule has 2 aromatic rings. The number of ether oxygens (including phenoxy) is 2. The number of fused-ring (bicyclic) bond motifs is 5. The maximum Gasteiger partial charge on any atom is 0.335 e. The Bertz CT molecular complexity index is 979. The third-order valence-electron chi connectivity index (χ3n) is 6.96. The van der Waals surface area contributed by atoms with Crippen LogP contribution in [-0.4, -0.2) is 24.5 Å². The Morgan fingerprint density at radius 1 is 0.967 bits per heavy atom. The Labute approximate surface area is 176 Å². The summed E-state index contributed by atoms with van der Waals surface area (Å²) in [5.41, 5.74) is 3.14. The fourth-order valence-electron chi connectivity index (χ4n) is 5.86. The SMILES string of the molecule is CCOC(=O)C1=C(c2ccccc2)C(=O)[C@@H]2[C@@H]3C[C@@H](C[C@H]3OCc3ccccc3)[C@H]12. The standard InChI is InChI=1S/C26H26O4/c1-2-29-26(28)24-21-18-13-19(20(14-18)30-15-16-9-5-3-6-10-16)23(21)25(27)22(24)17-11-7-4-8-12-17/h3-12,18-21,23H,2,13-15H2,1H3/t18-,19+,20+,21-,23+/m0/s1. The monoisotopic (exact) mass is 402 g/mol. The highest BCUT2D eigenvalue weighted by molar-refractivity contribution is 6.30. The summed E-state index contributed by atoms with van der Waals surface area (Å²) >= 11 is 0. The molecule has 0 unspecified atom stereocenters. The molecular weight excluding hydrogens is 376 g/mol. The molecule has 0 amide bonds. The van der Waals surface area contributed by atoms with Crippen LogP contribution in [0.15, 0.2) is 66.2 Å².